The molecule has 0 aliphatic carbocycles. The molecule has 0 bridgehead atoms. The number of halogens is 2. The third-order valence-corrected chi connectivity index (χ3v) is 5.44. The molecule has 2 aromatic heterocycles. The summed E-state index contributed by atoms with van der Waals surface area (Å²) in [4.78, 5) is 4.69. The minimum absolute atomic E-state index is 0.230. The van der Waals surface area contributed by atoms with Crippen molar-refractivity contribution in [1.82, 2.24) is 19.7 Å². The molecule has 0 amide bonds. The number of para-hydroxylation sites is 1. The number of thioether (sulfide) groups is 1. The van der Waals surface area contributed by atoms with Gasteiger partial charge in [0.1, 0.15) is 11.3 Å². The van der Waals surface area contributed by atoms with Gasteiger partial charge in [-0.25, -0.2) is 9.37 Å². The molecule has 26 heavy (non-hydrogen) atoms. The molecule has 4 rings (SSSR count). The maximum absolute atomic E-state index is 14.0. The van der Waals surface area contributed by atoms with Crippen LogP contribution in [0.3, 0.4) is 0 Å². The van der Waals surface area contributed by atoms with Crippen molar-refractivity contribution in [2.75, 3.05) is 0 Å². The number of hydrogen-bond donors (Lipinski definition) is 0. The van der Waals surface area contributed by atoms with E-state index in [1.54, 1.807) is 12.1 Å². The Balaban J connectivity index is 1.76. The molecule has 0 radical (unpaired) electrons. The summed E-state index contributed by atoms with van der Waals surface area (Å²) in [6.07, 6.45) is 0. The van der Waals surface area contributed by atoms with Gasteiger partial charge in [0.25, 0.3) is 0 Å². The Morgan fingerprint density at radius 2 is 1.92 bits per heavy atom. The van der Waals surface area contributed by atoms with Crippen molar-refractivity contribution >= 4 is 45.4 Å². The summed E-state index contributed by atoms with van der Waals surface area (Å²) in [5.74, 6) is 0.0241. The van der Waals surface area contributed by atoms with Crippen molar-refractivity contribution in [3.05, 3.63) is 58.9 Å². The van der Waals surface area contributed by atoms with Gasteiger partial charge < -0.3 is 4.57 Å². The summed E-state index contributed by atoms with van der Waals surface area (Å²) in [5, 5.41) is 10.6. The Morgan fingerprint density at radius 3 is 2.69 bits per heavy atom. The van der Waals surface area contributed by atoms with E-state index < -0.39 is 0 Å². The van der Waals surface area contributed by atoms with Crippen LogP contribution >= 0.6 is 23.4 Å². The van der Waals surface area contributed by atoms with Crippen molar-refractivity contribution in [3.8, 4) is 0 Å². The third kappa shape index (κ3) is 2.93. The summed E-state index contributed by atoms with van der Waals surface area (Å²) >= 11 is 7.42. The van der Waals surface area contributed by atoms with Gasteiger partial charge in [-0.1, -0.05) is 47.6 Å². The van der Waals surface area contributed by atoms with Gasteiger partial charge in [0.05, 0.1) is 5.52 Å². The van der Waals surface area contributed by atoms with Crippen LogP contribution in [0.1, 0.15) is 25.5 Å². The third-order valence-electron chi connectivity index (χ3n) is 4.22. The highest BCUT2D eigenvalue weighted by Crippen LogP contribution is 2.31. The molecule has 0 aliphatic heterocycles. The van der Waals surface area contributed by atoms with Crippen molar-refractivity contribution in [3.63, 3.8) is 0 Å². The fraction of sp³-hybridized carbons (Fsp3) is 0.211. The average molecular weight is 387 g/mol. The van der Waals surface area contributed by atoms with Crippen molar-refractivity contribution in [1.29, 1.82) is 0 Å². The van der Waals surface area contributed by atoms with Crippen LogP contribution in [-0.4, -0.2) is 19.7 Å². The molecule has 0 fully saturated rings. The molecule has 0 unspecified atom stereocenters. The molecule has 0 atom stereocenters. The average Bonchev–Trinajstić information content (AvgIpc) is 2.95. The second kappa shape index (κ2) is 6.85. The summed E-state index contributed by atoms with van der Waals surface area (Å²) in [5.41, 5.74) is 3.10. The first-order valence-electron chi connectivity index (χ1n) is 8.25. The van der Waals surface area contributed by atoms with E-state index in [-0.39, 0.29) is 11.9 Å². The van der Waals surface area contributed by atoms with Gasteiger partial charge in [0.15, 0.2) is 5.65 Å². The first-order chi connectivity index (χ1) is 12.6. The molecule has 4 nitrogen and oxygen atoms in total. The molecule has 132 valence electrons. The smallest absolute Gasteiger partial charge is 0.211 e. The fourth-order valence-corrected chi connectivity index (χ4v) is 4.16. The quantitative estimate of drug-likeness (QED) is 0.425. The second-order valence-electron chi connectivity index (χ2n) is 6.24. The molecule has 4 aromatic rings. The number of benzene rings is 2. The van der Waals surface area contributed by atoms with Crippen LogP contribution in [0.25, 0.3) is 22.1 Å². The molecular formula is C19H16ClFN4S. The normalized spacial score (nSPS) is 11.7. The van der Waals surface area contributed by atoms with Gasteiger partial charge in [-0.05, 0) is 32.0 Å². The van der Waals surface area contributed by atoms with Crippen molar-refractivity contribution in [2.45, 2.75) is 30.8 Å². The van der Waals surface area contributed by atoms with Gasteiger partial charge in [-0.2, -0.15) is 0 Å². The number of rotatable bonds is 4. The molecule has 7 heteroatoms. The summed E-state index contributed by atoms with van der Waals surface area (Å²) in [7, 11) is 0. The van der Waals surface area contributed by atoms with Crippen LogP contribution in [0.2, 0.25) is 5.02 Å². The SMILES string of the molecule is CC(C)n1c2ccccc2c2nnc(SCc3c(F)cccc3Cl)nc21. The predicted molar refractivity (Wildman–Crippen MR) is 104 cm³/mol. The van der Waals surface area contributed by atoms with Crippen LogP contribution in [0, 0.1) is 5.82 Å². The number of aromatic nitrogens is 4. The molecule has 2 aromatic carbocycles. The van der Waals surface area contributed by atoms with E-state index in [9.17, 15) is 4.39 Å². The Labute approximate surface area is 159 Å². The zero-order valence-electron chi connectivity index (χ0n) is 14.3. The van der Waals surface area contributed by atoms with Crippen molar-refractivity contribution < 1.29 is 4.39 Å². The zero-order valence-corrected chi connectivity index (χ0v) is 15.9. The largest absolute Gasteiger partial charge is 0.321 e. The second-order valence-corrected chi connectivity index (χ2v) is 7.59. The Bertz CT molecular complexity index is 1090. The lowest BCUT2D eigenvalue weighted by molar-refractivity contribution is 0.617. The van der Waals surface area contributed by atoms with E-state index in [1.165, 1.54) is 17.8 Å². The van der Waals surface area contributed by atoms with E-state index in [0.717, 1.165) is 22.1 Å². The van der Waals surface area contributed by atoms with Gasteiger partial charge in [-0.15, -0.1) is 10.2 Å². The summed E-state index contributed by atoms with van der Waals surface area (Å²) < 4.78 is 16.1. The zero-order chi connectivity index (χ0) is 18.3. The van der Waals surface area contributed by atoms with Gasteiger partial charge in [-0.3, -0.25) is 0 Å². The van der Waals surface area contributed by atoms with Gasteiger partial charge >= 0.3 is 0 Å². The standard InChI is InChI=1S/C19H16ClFN4S/c1-11(2)25-16-9-4-3-6-12(16)17-18(25)22-19(24-23-17)26-10-13-14(20)7-5-8-15(13)21/h3-9,11H,10H2,1-2H3. The number of hydrogen-bond acceptors (Lipinski definition) is 4. The lowest BCUT2D eigenvalue weighted by Gasteiger charge is -2.10. The maximum Gasteiger partial charge on any atom is 0.211 e. The monoisotopic (exact) mass is 386 g/mol. The Kier molecular flexibility index (Phi) is 4.54. The van der Waals surface area contributed by atoms with Gasteiger partial charge in [0.2, 0.25) is 5.16 Å². The minimum Gasteiger partial charge on any atom is -0.321 e. The first kappa shape index (κ1) is 17.2. The van der Waals surface area contributed by atoms with Crippen LogP contribution in [0.15, 0.2) is 47.6 Å². The van der Waals surface area contributed by atoms with E-state index in [0.29, 0.717) is 21.5 Å². The molecule has 2 heterocycles. The molecular weight excluding hydrogens is 371 g/mol. The molecule has 0 aliphatic rings. The Hall–Kier alpha value is -2.18. The number of fused-ring (bicyclic) bond motifs is 3. The molecule has 0 saturated carbocycles. The van der Waals surface area contributed by atoms with Crippen LogP contribution in [0.4, 0.5) is 4.39 Å². The minimum atomic E-state index is -0.324. The van der Waals surface area contributed by atoms with Gasteiger partial charge in [0, 0.05) is 27.8 Å². The predicted octanol–water partition coefficient (Wildman–Crippen LogP) is 5.65. The maximum atomic E-state index is 14.0. The molecule has 0 saturated heterocycles. The lowest BCUT2D eigenvalue weighted by Crippen LogP contribution is -2.03. The molecule has 0 N–H and O–H groups in total. The topological polar surface area (TPSA) is 43.6 Å². The van der Waals surface area contributed by atoms with E-state index in [4.69, 9.17) is 16.6 Å². The van der Waals surface area contributed by atoms with Crippen LogP contribution in [0.5, 0.6) is 0 Å². The first-order valence-corrected chi connectivity index (χ1v) is 9.61. The molecule has 0 spiro atoms. The summed E-state index contributed by atoms with van der Waals surface area (Å²) in [6, 6.07) is 13.0. The van der Waals surface area contributed by atoms with E-state index >= 15 is 0 Å². The van der Waals surface area contributed by atoms with Crippen LogP contribution in [-0.2, 0) is 5.75 Å². The highest BCUT2D eigenvalue weighted by Gasteiger charge is 2.17. The highest BCUT2D eigenvalue weighted by molar-refractivity contribution is 7.98. The summed E-state index contributed by atoms with van der Waals surface area (Å²) in [6.45, 7) is 4.22. The highest BCUT2D eigenvalue weighted by atomic mass is 35.5. The fourth-order valence-electron chi connectivity index (χ4n) is 3.03. The number of nitrogens with zero attached hydrogens (tertiary/aromatic N) is 4. The van der Waals surface area contributed by atoms with E-state index in [2.05, 4.69) is 34.7 Å². The van der Waals surface area contributed by atoms with E-state index in [1.807, 2.05) is 18.2 Å². The Morgan fingerprint density at radius 1 is 1.12 bits per heavy atom. The van der Waals surface area contributed by atoms with Crippen molar-refractivity contribution in [2.24, 2.45) is 0 Å². The lowest BCUT2D eigenvalue weighted by atomic mass is 10.2. The van der Waals surface area contributed by atoms with Crippen LogP contribution < -0.4 is 0 Å².